The molecule has 0 unspecified atom stereocenters. The zero-order chi connectivity index (χ0) is 6.48. The van der Waals surface area contributed by atoms with Crippen LogP contribution in [0.2, 0.25) is 0 Å². The second kappa shape index (κ2) is 1.48. The summed E-state index contributed by atoms with van der Waals surface area (Å²) >= 11 is 0. The van der Waals surface area contributed by atoms with Crippen molar-refractivity contribution >= 4 is 0 Å². The molecule has 2 rings (SSSR count). The highest BCUT2D eigenvalue weighted by Gasteiger charge is 2.55. The summed E-state index contributed by atoms with van der Waals surface area (Å²) in [7, 11) is 0. The van der Waals surface area contributed by atoms with Gasteiger partial charge in [0.25, 0.3) is 0 Å². The Morgan fingerprint density at radius 3 is 1.78 bits per heavy atom. The molecule has 2 N–H and O–H groups in total. The molecule has 52 valence electrons. The van der Waals surface area contributed by atoms with Crippen LogP contribution in [0.4, 0.5) is 0 Å². The average Bonchev–Trinajstić information content (AvgIpc) is 1.76. The molecule has 0 saturated carbocycles. The molecule has 0 aromatic heterocycles. The Balaban J connectivity index is 2.08. The summed E-state index contributed by atoms with van der Waals surface area (Å²) in [6.07, 6.45) is 0.815. The van der Waals surface area contributed by atoms with E-state index in [-0.39, 0.29) is 5.54 Å². The number of piperidine rings is 1. The van der Waals surface area contributed by atoms with Gasteiger partial charge in [-0.05, 0) is 12.8 Å². The molecule has 3 heteroatoms. The Morgan fingerprint density at radius 1 is 1.22 bits per heavy atom. The number of fused-ring (bicyclic) bond motifs is 1. The van der Waals surface area contributed by atoms with Crippen molar-refractivity contribution in [3.63, 3.8) is 0 Å². The van der Waals surface area contributed by atoms with Crippen molar-refractivity contribution in [1.29, 1.82) is 0 Å². The van der Waals surface area contributed by atoms with Gasteiger partial charge in [0, 0.05) is 13.1 Å². The zero-order valence-corrected chi connectivity index (χ0v) is 5.25. The van der Waals surface area contributed by atoms with E-state index in [1.165, 1.54) is 0 Å². The minimum absolute atomic E-state index is 0.194. The topological polar surface area (TPSA) is 43.7 Å². The quantitative estimate of drug-likeness (QED) is 0.453. The summed E-state index contributed by atoms with van der Waals surface area (Å²) in [6.45, 7) is 2.11. The van der Waals surface area contributed by atoms with Gasteiger partial charge in [0.1, 0.15) is 0 Å². The number of aliphatic hydroxyl groups is 2. The number of nitrogens with zero attached hydrogens (tertiary/aromatic N) is 1. The van der Waals surface area contributed by atoms with E-state index in [0.29, 0.717) is 0 Å². The third-order valence-electron chi connectivity index (χ3n) is 2.74. The molecule has 3 nitrogen and oxygen atoms in total. The normalized spacial score (nSPS) is 31.0. The van der Waals surface area contributed by atoms with E-state index in [9.17, 15) is 0 Å². The molecule has 0 aliphatic carbocycles. The Kier molecular flexibility index (Phi) is 0.928. The molecule has 2 saturated heterocycles. The fraction of sp³-hybridized carbons (Fsp3) is 1.00. The molecule has 9 heavy (non-hydrogen) atoms. The molecule has 2 aliphatic heterocycles. The fourth-order valence-corrected chi connectivity index (χ4v) is 1.77. The van der Waals surface area contributed by atoms with Gasteiger partial charge in [-0.2, -0.15) is 0 Å². The van der Waals surface area contributed by atoms with Crippen molar-refractivity contribution in [2.45, 2.75) is 24.7 Å². The van der Waals surface area contributed by atoms with E-state index in [1.54, 1.807) is 0 Å². The number of hydrogen-bond donors (Lipinski definition) is 2. The van der Waals surface area contributed by atoms with E-state index in [1.807, 2.05) is 0 Å². The lowest BCUT2D eigenvalue weighted by Crippen LogP contribution is -2.74. The van der Waals surface area contributed by atoms with Crippen LogP contribution in [0.15, 0.2) is 0 Å². The first-order valence-electron chi connectivity index (χ1n) is 3.37. The molecule has 2 heterocycles. The van der Waals surface area contributed by atoms with E-state index >= 15 is 0 Å². The summed E-state index contributed by atoms with van der Waals surface area (Å²) in [4.78, 5) is 2.12. The Morgan fingerprint density at radius 2 is 1.78 bits per heavy atom. The standard InChI is InChI=1S/C6H11NO2/c8-5(9)6-1-3-7(6)4-2-6/h5,8-9H,1-4H2. The van der Waals surface area contributed by atoms with Crippen molar-refractivity contribution in [2.24, 2.45) is 0 Å². The lowest BCUT2D eigenvalue weighted by molar-refractivity contribution is -0.241. The second-order valence-electron chi connectivity index (χ2n) is 2.96. The largest absolute Gasteiger partial charge is 0.367 e. The smallest absolute Gasteiger partial charge is 0.170 e. The molecule has 0 spiro atoms. The predicted molar refractivity (Wildman–Crippen MR) is 31.8 cm³/mol. The lowest BCUT2D eigenvalue weighted by atomic mass is 9.73. The number of aliphatic hydroxyl groups excluding tert-OH is 1. The van der Waals surface area contributed by atoms with Crippen molar-refractivity contribution in [2.75, 3.05) is 13.1 Å². The fourth-order valence-electron chi connectivity index (χ4n) is 1.77. The molecular formula is C6H11NO2. The minimum Gasteiger partial charge on any atom is -0.367 e. The summed E-state index contributed by atoms with van der Waals surface area (Å²) in [5.74, 6) is 0. The van der Waals surface area contributed by atoms with Crippen LogP contribution in [0, 0.1) is 0 Å². The van der Waals surface area contributed by atoms with E-state index < -0.39 is 6.29 Å². The van der Waals surface area contributed by atoms with Gasteiger partial charge in [-0.25, -0.2) is 0 Å². The van der Waals surface area contributed by atoms with E-state index in [4.69, 9.17) is 10.2 Å². The van der Waals surface area contributed by atoms with Gasteiger partial charge >= 0.3 is 0 Å². The summed E-state index contributed by atoms with van der Waals surface area (Å²) < 4.78 is 0. The number of rotatable bonds is 1. The van der Waals surface area contributed by atoms with Crippen LogP contribution in [-0.4, -0.2) is 40.0 Å². The molecule has 0 radical (unpaired) electrons. The predicted octanol–water partition coefficient (Wildman–Crippen LogP) is -0.855. The first kappa shape index (κ1) is 5.65. The Hall–Kier alpha value is -0.120. The highest BCUT2D eigenvalue weighted by Crippen LogP contribution is 2.44. The summed E-state index contributed by atoms with van der Waals surface area (Å²) in [6, 6.07) is 0. The van der Waals surface area contributed by atoms with Crippen LogP contribution in [-0.2, 0) is 0 Å². The monoisotopic (exact) mass is 129 g/mol. The molecular weight excluding hydrogens is 118 g/mol. The third-order valence-corrected chi connectivity index (χ3v) is 2.74. The van der Waals surface area contributed by atoms with Crippen LogP contribution in [0.5, 0.6) is 0 Å². The zero-order valence-electron chi connectivity index (χ0n) is 5.25. The van der Waals surface area contributed by atoms with Gasteiger partial charge in [-0.15, -0.1) is 0 Å². The van der Waals surface area contributed by atoms with Gasteiger partial charge in [-0.1, -0.05) is 0 Å². The SMILES string of the molecule is OC(O)C12CCN1CC2. The van der Waals surface area contributed by atoms with E-state index in [2.05, 4.69) is 4.90 Å². The first-order valence-corrected chi connectivity index (χ1v) is 3.37. The van der Waals surface area contributed by atoms with Gasteiger partial charge < -0.3 is 10.2 Å². The average molecular weight is 129 g/mol. The summed E-state index contributed by atoms with van der Waals surface area (Å²) in [5, 5.41) is 17.7. The highest BCUT2D eigenvalue weighted by molar-refractivity contribution is 5.08. The van der Waals surface area contributed by atoms with Gasteiger partial charge in [0.15, 0.2) is 6.29 Å². The van der Waals surface area contributed by atoms with Gasteiger partial charge in [0.05, 0.1) is 5.54 Å². The minimum atomic E-state index is -1.11. The van der Waals surface area contributed by atoms with Crippen molar-refractivity contribution in [3.05, 3.63) is 0 Å². The van der Waals surface area contributed by atoms with Crippen molar-refractivity contribution in [3.8, 4) is 0 Å². The van der Waals surface area contributed by atoms with Crippen LogP contribution in [0.25, 0.3) is 0 Å². The van der Waals surface area contributed by atoms with Gasteiger partial charge in [-0.3, -0.25) is 4.90 Å². The molecule has 0 aromatic rings. The molecule has 0 aromatic carbocycles. The van der Waals surface area contributed by atoms with Crippen LogP contribution in [0.1, 0.15) is 12.8 Å². The maximum absolute atomic E-state index is 8.87. The maximum Gasteiger partial charge on any atom is 0.170 e. The van der Waals surface area contributed by atoms with Crippen molar-refractivity contribution < 1.29 is 10.2 Å². The summed E-state index contributed by atoms with van der Waals surface area (Å²) in [5.41, 5.74) is -0.194. The Labute approximate surface area is 53.9 Å². The molecule has 0 amide bonds. The van der Waals surface area contributed by atoms with Gasteiger partial charge in [0.2, 0.25) is 0 Å². The highest BCUT2D eigenvalue weighted by atomic mass is 16.5. The number of hydrogen-bond acceptors (Lipinski definition) is 3. The first-order chi connectivity index (χ1) is 4.26. The third kappa shape index (κ3) is 0.478. The van der Waals surface area contributed by atoms with Crippen LogP contribution in [0.3, 0.4) is 0 Å². The molecule has 2 fully saturated rings. The van der Waals surface area contributed by atoms with Crippen molar-refractivity contribution in [1.82, 2.24) is 4.90 Å². The lowest BCUT2D eigenvalue weighted by Gasteiger charge is -2.62. The molecule has 2 aliphatic rings. The van der Waals surface area contributed by atoms with E-state index in [0.717, 1.165) is 25.9 Å². The second-order valence-corrected chi connectivity index (χ2v) is 2.96. The Bertz CT molecular complexity index is 123. The van der Waals surface area contributed by atoms with Crippen LogP contribution < -0.4 is 0 Å². The van der Waals surface area contributed by atoms with Crippen LogP contribution >= 0.6 is 0 Å². The molecule has 0 bridgehead atoms. The maximum atomic E-state index is 8.87. The molecule has 0 atom stereocenters.